The van der Waals surface area contributed by atoms with E-state index in [2.05, 4.69) is 32.3 Å². The number of fused-ring (bicyclic) bond motifs is 1. The zero-order valence-corrected chi connectivity index (χ0v) is 28.2. The lowest BCUT2D eigenvalue weighted by atomic mass is 9.95. The van der Waals surface area contributed by atoms with Crippen LogP contribution in [-0.2, 0) is 19.1 Å². The van der Waals surface area contributed by atoms with E-state index < -0.39 is 18.0 Å². The van der Waals surface area contributed by atoms with Crippen LogP contribution >= 0.6 is 33.9 Å². The van der Waals surface area contributed by atoms with Crippen LogP contribution in [0.3, 0.4) is 0 Å². The second kappa shape index (κ2) is 14.8. The first-order valence-electron chi connectivity index (χ1n) is 13.8. The molecule has 0 amide bonds. The Bertz CT molecular complexity index is 1780. The molecule has 1 atom stereocenters. The van der Waals surface area contributed by atoms with E-state index in [1.54, 1.807) is 45.2 Å². The van der Waals surface area contributed by atoms with Gasteiger partial charge in [0, 0.05) is 9.13 Å². The number of halogens is 1. The van der Waals surface area contributed by atoms with Crippen LogP contribution in [-0.4, -0.2) is 57.2 Å². The lowest BCUT2D eigenvalue weighted by Crippen LogP contribution is -2.40. The molecule has 3 aromatic rings. The third-order valence-corrected chi connectivity index (χ3v) is 8.12. The molecule has 1 aromatic heterocycles. The molecule has 11 nitrogen and oxygen atoms in total. The smallest absolute Gasteiger partial charge is 0.343 e. The number of esters is 2. The van der Waals surface area contributed by atoms with E-state index in [1.165, 1.54) is 23.0 Å². The Morgan fingerprint density at radius 3 is 2.41 bits per heavy atom. The molecule has 0 bridgehead atoms. The van der Waals surface area contributed by atoms with Crippen molar-refractivity contribution in [3.63, 3.8) is 0 Å². The maximum atomic E-state index is 14.2. The fraction of sp³-hybridized carbons (Fsp3) is 0.355. The van der Waals surface area contributed by atoms with Gasteiger partial charge in [0.1, 0.15) is 0 Å². The number of benzene rings is 2. The van der Waals surface area contributed by atoms with E-state index >= 15 is 0 Å². The third kappa shape index (κ3) is 6.93. The largest absolute Gasteiger partial charge is 0.493 e. The van der Waals surface area contributed by atoms with Gasteiger partial charge in [0.15, 0.2) is 34.4 Å². The summed E-state index contributed by atoms with van der Waals surface area (Å²) in [5.41, 5.74) is 1.54. The van der Waals surface area contributed by atoms with Gasteiger partial charge in [-0.05, 0) is 86.2 Å². The Balaban J connectivity index is 1.94. The molecular weight excluding hydrogens is 703 g/mol. The number of aromatic nitrogens is 1. The van der Waals surface area contributed by atoms with Crippen molar-refractivity contribution in [2.24, 2.45) is 4.99 Å². The first-order valence-corrected chi connectivity index (χ1v) is 15.7. The highest BCUT2D eigenvalue weighted by molar-refractivity contribution is 14.1. The van der Waals surface area contributed by atoms with Crippen molar-refractivity contribution in [3.8, 4) is 23.0 Å². The molecule has 2 aromatic carbocycles. The average Bonchev–Trinajstić information content (AvgIpc) is 3.30. The van der Waals surface area contributed by atoms with Gasteiger partial charge in [-0.2, -0.15) is 0 Å². The van der Waals surface area contributed by atoms with Gasteiger partial charge in [-0.15, -0.1) is 0 Å². The molecule has 44 heavy (non-hydrogen) atoms. The average molecular weight is 737 g/mol. The minimum Gasteiger partial charge on any atom is -0.493 e. The summed E-state index contributed by atoms with van der Waals surface area (Å²) in [6, 6.07) is 7.91. The van der Waals surface area contributed by atoms with Gasteiger partial charge < -0.3 is 28.4 Å². The third-order valence-electron chi connectivity index (χ3n) is 6.52. The monoisotopic (exact) mass is 736 g/mol. The summed E-state index contributed by atoms with van der Waals surface area (Å²) < 4.78 is 35.7. The summed E-state index contributed by atoms with van der Waals surface area (Å²) in [6.07, 6.45) is 1.75. The van der Waals surface area contributed by atoms with Crippen molar-refractivity contribution in [2.75, 3.05) is 40.6 Å². The molecule has 1 aliphatic rings. The van der Waals surface area contributed by atoms with Gasteiger partial charge in [0.25, 0.3) is 5.56 Å². The van der Waals surface area contributed by atoms with E-state index in [4.69, 9.17) is 23.7 Å². The molecule has 13 heteroatoms. The Kier molecular flexibility index (Phi) is 11.1. The van der Waals surface area contributed by atoms with Crippen molar-refractivity contribution in [2.45, 2.75) is 33.7 Å². The number of carbonyl (C=O) groups excluding carboxylic acids is 2. The van der Waals surface area contributed by atoms with Gasteiger partial charge in [-0.1, -0.05) is 17.4 Å². The Morgan fingerprint density at radius 1 is 1.00 bits per heavy atom. The lowest BCUT2D eigenvalue weighted by molar-refractivity contribution is -0.143. The van der Waals surface area contributed by atoms with Crippen molar-refractivity contribution in [1.29, 1.82) is 0 Å². The zero-order chi connectivity index (χ0) is 32.0. The zero-order valence-electron chi connectivity index (χ0n) is 25.2. The van der Waals surface area contributed by atoms with Crippen LogP contribution in [0.1, 0.15) is 44.9 Å². The SMILES string of the molecule is CCOC(=O)C1=C(C)N=c2s/c(=C/c3cc(I)cc(OC)c3OCC)c(=O)n2[C@H]1c1ccc(OCC(=O)OC)c(OCC)c1. The topological polar surface area (TPSA) is 124 Å². The van der Waals surface area contributed by atoms with Crippen molar-refractivity contribution < 1.29 is 38.0 Å². The van der Waals surface area contributed by atoms with Gasteiger partial charge in [0.05, 0.1) is 55.9 Å². The standard InChI is InChI=1S/C31H33IN2O9S/c1-7-40-22-13-18(10-11-21(22)43-16-25(35)39-6)27-26(30(37)42-9-3)17(4)33-31-34(27)29(36)24(44-31)14-19-12-20(32)15-23(38-5)28(19)41-8-2/h10-15,27H,7-9,16H2,1-6H3/b24-14+/t27-/m0/s1. The quantitative estimate of drug-likeness (QED) is 0.202. The molecule has 4 rings (SSSR count). The summed E-state index contributed by atoms with van der Waals surface area (Å²) in [7, 11) is 2.83. The normalized spacial score (nSPS) is 14.4. The molecule has 0 aliphatic carbocycles. The van der Waals surface area contributed by atoms with E-state index in [0.29, 0.717) is 62.4 Å². The summed E-state index contributed by atoms with van der Waals surface area (Å²) in [5.74, 6) is 0.575. The number of nitrogens with zero attached hydrogens (tertiary/aromatic N) is 2. The van der Waals surface area contributed by atoms with Crippen molar-refractivity contribution in [3.05, 3.63) is 76.0 Å². The van der Waals surface area contributed by atoms with Gasteiger partial charge >= 0.3 is 11.9 Å². The first-order chi connectivity index (χ1) is 21.2. The van der Waals surface area contributed by atoms with Crippen LogP contribution in [0.4, 0.5) is 0 Å². The highest BCUT2D eigenvalue weighted by atomic mass is 127. The molecule has 0 saturated carbocycles. The van der Waals surface area contributed by atoms with Crippen LogP contribution in [0.5, 0.6) is 23.0 Å². The predicted molar refractivity (Wildman–Crippen MR) is 172 cm³/mol. The van der Waals surface area contributed by atoms with Crippen LogP contribution in [0.2, 0.25) is 0 Å². The van der Waals surface area contributed by atoms with Crippen molar-refractivity contribution in [1.82, 2.24) is 4.57 Å². The second-order valence-electron chi connectivity index (χ2n) is 9.27. The van der Waals surface area contributed by atoms with Gasteiger partial charge in [-0.25, -0.2) is 14.6 Å². The lowest BCUT2D eigenvalue weighted by Gasteiger charge is -2.25. The Hall–Kier alpha value is -3.85. The molecule has 0 N–H and O–H groups in total. The number of thiazole rings is 1. The number of carbonyl (C=O) groups is 2. The fourth-order valence-electron chi connectivity index (χ4n) is 4.67. The molecule has 0 unspecified atom stereocenters. The molecular formula is C31H33IN2O9S. The summed E-state index contributed by atoms with van der Waals surface area (Å²) in [6.45, 7) is 7.65. The molecule has 1 aliphatic heterocycles. The number of allylic oxidation sites excluding steroid dienone is 1. The van der Waals surface area contributed by atoms with E-state index in [9.17, 15) is 14.4 Å². The Morgan fingerprint density at radius 2 is 1.75 bits per heavy atom. The van der Waals surface area contributed by atoms with Crippen molar-refractivity contribution >= 4 is 51.9 Å². The van der Waals surface area contributed by atoms with E-state index in [0.717, 1.165) is 3.57 Å². The molecule has 234 valence electrons. The van der Waals surface area contributed by atoms with Crippen LogP contribution in [0.25, 0.3) is 6.08 Å². The summed E-state index contributed by atoms with van der Waals surface area (Å²) >= 11 is 3.38. The predicted octanol–water partition coefficient (Wildman–Crippen LogP) is 3.76. The maximum Gasteiger partial charge on any atom is 0.343 e. The van der Waals surface area contributed by atoms with Crippen LogP contribution in [0, 0.1) is 3.57 Å². The minimum absolute atomic E-state index is 0.145. The number of rotatable bonds is 12. The molecule has 0 fully saturated rings. The second-order valence-corrected chi connectivity index (χ2v) is 11.5. The van der Waals surface area contributed by atoms with Gasteiger partial charge in [0.2, 0.25) is 0 Å². The fourth-order valence-corrected chi connectivity index (χ4v) is 6.33. The Labute approximate surface area is 271 Å². The van der Waals surface area contributed by atoms with E-state index in [1.807, 2.05) is 26.0 Å². The molecule has 0 radical (unpaired) electrons. The minimum atomic E-state index is -0.877. The number of methoxy groups -OCH3 is 2. The molecule has 2 heterocycles. The summed E-state index contributed by atoms with van der Waals surface area (Å²) in [4.78, 5) is 44.2. The first kappa shape index (κ1) is 33.1. The van der Waals surface area contributed by atoms with Gasteiger partial charge in [-0.3, -0.25) is 9.36 Å². The highest BCUT2D eigenvalue weighted by Crippen LogP contribution is 2.37. The number of hydrogen-bond acceptors (Lipinski definition) is 11. The van der Waals surface area contributed by atoms with E-state index in [-0.39, 0.29) is 24.3 Å². The van der Waals surface area contributed by atoms with Crippen LogP contribution < -0.4 is 33.8 Å². The maximum absolute atomic E-state index is 14.2. The molecule has 0 saturated heterocycles. The molecule has 0 spiro atoms. The highest BCUT2D eigenvalue weighted by Gasteiger charge is 2.34. The number of ether oxygens (including phenoxy) is 6. The summed E-state index contributed by atoms with van der Waals surface area (Å²) in [5, 5.41) is 0. The van der Waals surface area contributed by atoms with Crippen LogP contribution in [0.15, 0.2) is 51.4 Å². The number of hydrogen-bond donors (Lipinski definition) is 0.